The van der Waals surface area contributed by atoms with Gasteiger partial charge in [0.25, 0.3) is 0 Å². The van der Waals surface area contributed by atoms with E-state index in [-0.39, 0.29) is 6.03 Å². The second-order valence-corrected chi connectivity index (χ2v) is 4.11. The maximum Gasteiger partial charge on any atom is 0.317 e. The lowest BCUT2D eigenvalue weighted by Gasteiger charge is -2.27. The van der Waals surface area contributed by atoms with Crippen molar-refractivity contribution in [1.82, 2.24) is 10.2 Å². The van der Waals surface area contributed by atoms with Crippen LogP contribution in [0.4, 0.5) is 4.79 Å². The first-order chi connectivity index (χ1) is 6.65. The van der Waals surface area contributed by atoms with Gasteiger partial charge in [-0.3, -0.25) is 0 Å². The molecule has 0 saturated heterocycles. The molecule has 0 radical (unpaired) electrons. The molecule has 1 aliphatic rings. The molecule has 0 aliphatic heterocycles. The van der Waals surface area contributed by atoms with E-state index in [4.69, 9.17) is 18.0 Å². The molecule has 1 fully saturated rings. The van der Waals surface area contributed by atoms with Crippen molar-refractivity contribution < 1.29 is 4.79 Å². The number of thiocarbonyl (C=S) groups is 1. The number of hydrogen-bond donors (Lipinski definition) is 2. The van der Waals surface area contributed by atoms with Crippen molar-refractivity contribution >= 4 is 23.2 Å². The van der Waals surface area contributed by atoms with Crippen LogP contribution in [-0.2, 0) is 0 Å². The Labute approximate surface area is 89.8 Å². The van der Waals surface area contributed by atoms with Gasteiger partial charge >= 0.3 is 6.03 Å². The average molecular weight is 215 g/mol. The molecule has 0 unspecified atom stereocenters. The summed E-state index contributed by atoms with van der Waals surface area (Å²) < 4.78 is 0. The zero-order chi connectivity index (χ0) is 10.6. The third-order valence-corrected chi connectivity index (χ3v) is 2.70. The van der Waals surface area contributed by atoms with Crippen molar-refractivity contribution in [2.45, 2.75) is 31.7 Å². The van der Waals surface area contributed by atoms with Gasteiger partial charge in [0, 0.05) is 13.1 Å². The van der Waals surface area contributed by atoms with Crippen molar-refractivity contribution in [3.8, 4) is 0 Å². The minimum Gasteiger partial charge on any atom is -0.392 e. The molecular formula is C9H17N3OS. The fourth-order valence-corrected chi connectivity index (χ4v) is 2.03. The van der Waals surface area contributed by atoms with Crippen molar-refractivity contribution in [3.05, 3.63) is 0 Å². The maximum absolute atomic E-state index is 11.5. The van der Waals surface area contributed by atoms with Gasteiger partial charge in [-0.25, -0.2) is 4.79 Å². The first-order valence-corrected chi connectivity index (χ1v) is 5.32. The van der Waals surface area contributed by atoms with Crippen LogP contribution in [0.5, 0.6) is 0 Å². The van der Waals surface area contributed by atoms with Crippen LogP contribution in [0.3, 0.4) is 0 Å². The third kappa shape index (κ3) is 2.83. The fraction of sp³-hybridized carbons (Fsp3) is 0.778. The van der Waals surface area contributed by atoms with Gasteiger partial charge in [-0.15, -0.1) is 0 Å². The summed E-state index contributed by atoms with van der Waals surface area (Å²) in [4.78, 5) is 13.7. The normalized spacial score (nSPS) is 16.6. The number of nitrogens with two attached hydrogens (primary N) is 1. The number of nitrogens with one attached hydrogen (secondary N) is 1. The monoisotopic (exact) mass is 215 g/mol. The molecule has 0 bridgehead atoms. The van der Waals surface area contributed by atoms with E-state index >= 15 is 0 Å². The second-order valence-electron chi connectivity index (χ2n) is 3.59. The van der Waals surface area contributed by atoms with Crippen LogP contribution in [0.1, 0.15) is 25.7 Å². The Kier molecular flexibility index (Phi) is 4.13. The molecule has 2 amide bonds. The van der Waals surface area contributed by atoms with E-state index in [9.17, 15) is 4.79 Å². The molecule has 1 saturated carbocycles. The number of hydrogen-bond acceptors (Lipinski definition) is 2. The van der Waals surface area contributed by atoms with Crippen molar-refractivity contribution in [2.75, 3.05) is 13.6 Å². The minimum absolute atomic E-state index is 0.0790. The summed E-state index contributed by atoms with van der Waals surface area (Å²) in [5, 5.41) is 2.62. The van der Waals surface area contributed by atoms with E-state index in [1.807, 2.05) is 0 Å². The van der Waals surface area contributed by atoms with Crippen LogP contribution in [0.15, 0.2) is 0 Å². The Morgan fingerprint density at radius 2 is 2.14 bits per heavy atom. The van der Waals surface area contributed by atoms with Gasteiger partial charge in [0.05, 0.1) is 11.5 Å². The molecule has 4 nitrogen and oxygen atoms in total. The van der Waals surface area contributed by atoms with Crippen LogP contribution >= 0.6 is 12.2 Å². The summed E-state index contributed by atoms with van der Waals surface area (Å²) in [6.45, 7) is 0.389. The SMILES string of the molecule is CNC(=O)N(CC(N)=S)C1CCCC1. The fourth-order valence-electron chi connectivity index (χ4n) is 1.89. The van der Waals surface area contributed by atoms with Crippen LogP contribution in [0.25, 0.3) is 0 Å². The number of amides is 2. The Morgan fingerprint density at radius 3 is 2.57 bits per heavy atom. The predicted molar refractivity (Wildman–Crippen MR) is 60.2 cm³/mol. The first-order valence-electron chi connectivity index (χ1n) is 4.92. The van der Waals surface area contributed by atoms with Crippen LogP contribution in [0, 0.1) is 0 Å². The van der Waals surface area contributed by atoms with Gasteiger partial charge in [-0.2, -0.15) is 0 Å². The number of urea groups is 1. The molecule has 0 aromatic rings. The van der Waals surface area contributed by atoms with Crippen molar-refractivity contribution in [2.24, 2.45) is 5.73 Å². The molecule has 80 valence electrons. The van der Waals surface area contributed by atoms with Crippen LogP contribution in [0.2, 0.25) is 0 Å². The zero-order valence-corrected chi connectivity index (χ0v) is 9.27. The molecule has 0 spiro atoms. The lowest BCUT2D eigenvalue weighted by Crippen LogP contribution is -2.47. The second kappa shape index (κ2) is 5.14. The van der Waals surface area contributed by atoms with E-state index in [0.29, 0.717) is 17.6 Å². The lowest BCUT2D eigenvalue weighted by atomic mass is 10.2. The summed E-state index contributed by atoms with van der Waals surface area (Å²) >= 11 is 4.83. The maximum atomic E-state index is 11.5. The summed E-state index contributed by atoms with van der Waals surface area (Å²) in [5.74, 6) is 0. The smallest absolute Gasteiger partial charge is 0.317 e. The van der Waals surface area contributed by atoms with Crippen LogP contribution < -0.4 is 11.1 Å². The number of carbonyl (C=O) groups excluding carboxylic acids is 1. The molecule has 0 aromatic carbocycles. The van der Waals surface area contributed by atoms with E-state index < -0.39 is 0 Å². The first kappa shape index (κ1) is 11.2. The Morgan fingerprint density at radius 1 is 1.57 bits per heavy atom. The molecule has 5 heteroatoms. The highest BCUT2D eigenvalue weighted by Gasteiger charge is 2.26. The number of carbonyl (C=O) groups is 1. The molecular weight excluding hydrogens is 198 g/mol. The highest BCUT2D eigenvalue weighted by molar-refractivity contribution is 7.80. The summed E-state index contributed by atoms with van der Waals surface area (Å²) in [6.07, 6.45) is 4.51. The Bertz CT molecular complexity index is 226. The quantitative estimate of drug-likeness (QED) is 0.686. The molecule has 3 N–H and O–H groups in total. The summed E-state index contributed by atoms with van der Waals surface area (Å²) in [6, 6.07) is 0.237. The average Bonchev–Trinajstić information content (AvgIpc) is 2.65. The lowest BCUT2D eigenvalue weighted by molar-refractivity contribution is 0.187. The minimum atomic E-state index is -0.0790. The van der Waals surface area contributed by atoms with Gasteiger partial charge in [0.2, 0.25) is 0 Å². The zero-order valence-electron chi connectivity index (χ0n) is 8.45. The van der Waals surface area contributed by atoms with Gasteiger partial charge in [-0.05, 0) is 12.8 Å². The summed E-state index contributed by atoms with van der Waals surface area (Å²) in [5.41, 5.74) is 5.46. The van der Waals surface area contributed by atoms with Gasteiger partial charge in [0.1, 0.15) is 0 Å². The van der Waals surface area contributed by atoms with E-state index in [2.05, 4.69) is 5.32 Å². The summed E-state index contributed by atoms with van der Waals surface area (Å²) in [7, 11) is 1.63. The van der Waals surface area contributed by atoms with E-state index in [1.165, 1.54) is 12.8 Å². The molecule has 0 aromatic heterocycles. The van der Waals surface area contributed by atoms with Crippen LogP contribution in [-0.4, -0.2) is 35.6 Å². The number of rotatable bonds is 3. The highest BCUT2D eigenvalue weighted by Crippen LogP contribution is 2.23. The van der Waals surface area contributed by atoms with Gasteiger partial charge in [-0.1, -0.05) is 25.1 Å². The molecule has 0 atom stereocenters. The molecule has 0 heterocycles. The Hall–Kier alpha value is -0.840. The largest absolute Gasteiger partial charge is 0.392 e. The number of nitrogens with zero attached hydrogens (tertiary/aromatic N) is 1. The van der Waals surface area contributed by atoms with Gasteiger partial charge < -0.3 is 16.0 Å². The van der Waals surface area contributed by atoms with E-state index in [1.54, 1.807) is 11.9 Å². The molecule has 1 rings (SSSR count). The standard InChI is InChI=1S/C9H17N3OS/c1-11-9(13)12(6-8(10)14)7-4-2-3-5-7/h7H,2-6H2,1H3,(H2,10,14)(H,11,13). The van der Waals surface area contributed by atoms with Crippen molar-refractivity contribution in [1.29, 1.82) is 0 Å². The topological polar surface area (TPSA) is 58.4 Å². The molecule has 14 heavy (non-hydrogen) atoms. The van der Waals surface area contributed by atoms with E-state index in [0.717, 1.165) is 12.8 Å². The third-order valence-electron chi connectivity index (χ3n) is 2.57. The van der Waals surface area contributed by atoms with Gasteiger partial charge in [0.15, 0.2) is 0 Å². The Balaban J connectivity index is 2.59. The predicted octanol–water partition coefficient (Wildman–Crippen LogP) is 0.857. The van der Waals surface area contributed by atoms with Crippen molar-refractivity contribution in [3.63, 3.8) is 0 Å². The molecule has 1 aliphatic carbocycles. The highest BCUT2D eigenvalue weighted by atomic mass is 32.1.